The summed E-state index contributed by atoms with van der Waals surface area (Å²) >= 11 is 7.30. The number of hydrogen-bond donors (Lipinski definition) is 2. The van der Waals surface area contributed by atoms with Crippen molar-refractivity contribution in [3.63, 3.8) is 0 Å². The van der Waals surface area contributed by atoms with E-state index in [0.717, 1.165) is 4.70 Å². The largest absolute Gasteiger partial charge is 0.318 e. The fourth-order valence-corrected chi connectivity index (χ4v) is 4.25. The quantitative estimate of drug-likeness (QED) is 0.831. The second-order valence-electron chi connectivity index (χ2n) is 3.74. The molecule has 0 saturated carbocycles. The van der Waals surface area contributed by atoms with Gasteiger partial charge in [0.2, 0.25) is 10.0 Å². The van der Waals surface area contributed by atoms with Crippen LogP contribution in [0.2, 0.25) is 5.02 Å². The molecule has 0 bridgehead atoms. The van der Waals surface area contributed by atoms with E-state index in [1.165, 1.54) is 11.3 Å². The molecule has 1 heterocycles. The summed E-state index contributed by atoms with van der Waals surface area (Å²) < 4.78 is 27.7. The van der Waals surface area contributed by atoms with E-state index in [9.17, 15) is 8.42 Å². The molecule has 0 saturated heterocycles. The van der Waals surface area contributed by atoms with Crippen LogP contribution in [0.15, 0.2) is 28.5 Å². The van der Waals surface area contributed by atoms with Crippen LogP contribution < -0.4 is 10.0 Å². The molecular weight excluding hydrogens is 292 g/mol. The molecule has 0 atom stereocenters. The SMILES string of the molecule is CNCCNS(=O)(=O)c1csc2ccc(Cl)cc12. The van der Waals surface area contributed by atoms with Crippen molar-refractivity contribution in [2.75, 3.05) is 20.1 Å². The lowest BCUT2D eigenvalue weighted by atomic mass is 10.3. The van der Waals surface area contributed by atoms with Crippen molar-refractivity contribution in [3.05, 3.63) is 28.6 Å². The molecule has 98 valence electrons. The van der Waals surface area contributed by atoms with Crippen molar-refractivity contribution in [3.8, 4) is 0 Å². The van der Waals surface area contributed by atoms with Crippen LogP contribution in [0.1, 0.15) is 0 Å². The molecule has 4 nitrogen and oxygen atoms in total. The first-order valence-corrected chi connectivity index (χ1v) is 8.09. The fraction of sp³-hybridized carbons (Fsp3) is 0.273. The number of hydrogen-bond acceptors (Lipinski definition) is 4. The Morgan fingerprint density at radius 2 is 2.11 bits per heavy atom. The molecule has 2 rings (SSSR count). The zero-order valence-electron chi connectivity index (χ0n) is 9.73. The van der Waals surface area contributed by atoms with Gasteiger partial charge in [-0.25, -0.2) is 13.1 Å². The van der Waals surface area contributed by atoms with E-state index >= 15 is 0 Å². The summed E-state index contributed by atoms with van der Waals surface area (Å²) in [6.45, 7) is 0.943. The molecule has 18 heavy (non-hydrogen) atoms. The minimum Gasteiger partial charge on any atom is -0.318 e. The molecule has 2 N–H and O–H groups in total. The summed E-state index contributed by atoms with van der Waals surface area (Å²) in [4.78, 5) is 0.293. The second kappa shape index (κ2) is 5.54. The molecule has 7 heteroatoms. The van der Waals surface area contributed by atoms with E-state index in [1.807, 2.05) is 6.07 Å². The molecule has 0 amide bonds. The van der Waals surface area contributed by atoms with Gasteiger partial charge in [0.05, 0.1) is 0 Å². The summed E-state index contributed by atoms with van der Waals surface area (Å²) in [6.07, 6.45) is 0. The second-order valence-corrected chi connectivity index (χ2v) is 6.82. The van der Waals surface area contributed by atoms with Crippen LogP contribution in [0, 0.1) is 0 Å². The molecule has 0 aliphatic rings. The zero-order chi connectivity index (χ0) is 13.2. The highest BCUT2D eigenvalue weighted by Crippen LogP contribution is 2.31. The Labute approximate surface area is 115 Å². The molecular formula is C11H13ClN2O2S2. The van der Waals surface area contributed by atoms with Crippen LogP contribution in [-0.2, 0) is 10.0 Å². The van der Waals surface area contributed by atoms with Crippen molar-refractivity contribution in [2.24, 2.45) is 0 Å². The van der Waals surface area contributed by atoms with Crippen LogP contribution in [-0.4, -0.2) is 28.6 Å². The minimum absolute atomic E-state index is 0.293. The lowest BCUT2D eigenvalue weighted by molar-refractivity contribution is 0.581. The Hall–Kier alpha value is -0.660. The fourth-order valence-electron chi connectivity index (χ4n) is 1.57. The van der Waals surface area contributed by atoms with Gasteiger partial charge in [-0.1, -0.05) is 11.6 Å². The Balaban J connectivity index is 2.38. The summed E-state index contributed by atoms with van der Waals surface area (Å²) in [6, 6.07) is 5.26. The summed E-state index contributed by atoms with van der Waals surface area (Å²) in [7, 11) is -1.70. The number of thiophene rings is 1. The van der Waals surface area contributed by atoms with Gasteiger partial charge in [0.15, 0.2) is 0 Å². The highest BCUT2D eigenvalue weighted by atomic mass is 35.5. The Kier molecular flexibility index (Phi) is 4.24. The van der Waals surface area contributed by atoms with Crippen molar-refractivity contribution in [1.29, 1.82) is 0 Å². The summed E-state index contributed by atoms with van der Waals surface area (Å²) in [5.74, 6) is 0. The molecule has 0 unspecified atom stereocenters. The number of benzene rings is 1. The Bertz CT molecular complexity index is 652. The lowest BCUT2D eigenvalue weighted by Crippen LogP contribution is -2.30. The first kappa shape index (κ1) is 13.8. The smallest absolute Gasteiger partial charge is 0.242 e. The molecule has 1 aromatic heterocycles. The first-order valence-electron chi connectivity index (χ1n) is 5.35. The van der Waals surface area contributed by atoms with Gasteiger partial charge in [-0.15, -0.1) is 11.3 Å². The normalized spacial score (nSPS) is 12.1. The third-order valence-electron chi connectivity index (χ3n) is 2.46. The standard InChI is InChI=1S/C11H13ClN2O2S2/c1-13-4-5-14-18(15,16)11-7-17-10-3-2-8(12)6-9(10)11/h2-3,6-7,13-14H,4-5H2,1H3. The Morgan fingerprint density at radius 1 is 1.33 bits per heavy atom. The summed E-state index contributed by atoms with van der Waals surface area (Å²) in [5, 5.41) is 5.73. The van der Waals surface area contributed by atoms with Crippen molar-refractivity contribution < 1.29 is 8.42 Å². The van der Waals surface area contributed by atoms with Gasteiger partial charge >= 0.3 is 0 Å². The van der Waals surface area contributed by atoms with Gasteiger partial charge in [-0.3, -0.25) is 0 Å². The number of halogens is 1. The Morgan fingerprint density at radius 3 is 2.83 bits per heavy atom. The van der Waals surface area contributed by atoms with Gasteiger partial charge in [-0.2, -0.15) is 0 Å². The van der Waals surface area contributed by atoms with E-state index in [0.29, 0.717) is 28.4 Å². The predicted octanol–water partition coefficient (Wildman–Crippen LogP) is 2.05. The maximum absolute atomic E-state index is 12.1. The molecule has 0 spiro atoms. The highest BCUT2D eigenvalue weighted by molar-refractivity contribution is 7.90. The van der Waals surface area contributed by atoms with Crippen molar-refractivity contribution >= 4 is 43.0 Å². The van der Waals surface area contributed by atoms with Crippen LogP contribution in [0.25, 0.3) is 10.1 Å². The number of rotatable bonds is 5. The van der Waals surface area contributed by atoms with Crippen molar-refractivity contribution in [1.82, 2.24) is 10.0 Å². The summed E-state index contributed by atoms with van der Waals surface area (Å²) in [5.41, 5.74) is 0. The van der Waals surface area contributed by atoms with Crippen LogP contribution in [0.3, 0.4) is 0 Å². The highest BCUT2D eigenvalue weighted by Gasteiger charge is 2.18. The number of likely N-dealkylation sites (N-methyl/N-ethyl adjacent to an activating group) is 1. The van der Waals surface area contributed by atoms with Crippen molar-refractivity contribution in [2.45, 2.75) is 4.90 Å². The topological polar surface area (TPSA) is 58.2 Å². The zero-order valence-corrected chi connectivity index (χ0v) is 12.1. The molecule has 1 aromatic carbocycles. The molecule has 0 fully saturated rings. The van der Waals surface area contributed by atoms with E-state index < -0.39 is 10.0 Å². The van der Waals surface area contributed by atoms with E-state index in [4.69, 9.17) is 11.6 Å². The van der Waals surface area contributed by atoms with Gasteiger partial charge in [0.25, 0.3) is 0 Å². The monoisotopic (exact) mass is 304 g/mol. The minimum atomic E-state index is -3.47. The first-order chi connectivity index (χ1) is 8.54. The van der Waals surface area contributed by atoms with Gasteiger partial charge in [0, 0.05) is 33.6 Å². The van der Waals surface area contributed by atoms with Crippen LogP contribution in [0.4, 0.5) is 0 Å². The van der Waals surface area contributed by atoms with Gasteiger partial charge in [0.1, 0.15) is 4.90 Å². The average molecular weight is 305 g/mol. The van der Waals surface area contributed by atoms with Gasteiger partial charge in [-0.05, 0) is 25.2 Å². The number of nitrogens with one attached hydrogen (secondary N) is 2. The predicted molar refractivity (Wildman–Crippen MR) is 76.0 cm³/mol. The average Bonchev–Trinajstić information content (AvgIpc) is 2.72. The van der Waals surface area contributed by atoms with Crippen LogP contribution >= 0.6 is 22.9 Å². The molecule has 2 aromatic rings. The third-order valence-corrected chi connectivity index (χ3v) is 5.31. The molecule has 0 aliphatic carbocycles. The van der Waals surface area contributed by atoms with E-state index in [1.54, 1.807) is 24.6 Å². The number of sulfonamides is 1. The van der Waals surface area contributed by atoms with Crippen LogP contribution in [0.5, 0.6) is 0 Å². The third kappa shape index (κ3) is 2.84. The maximum Gasteiger partial charge on any atom is 0.242 e. The van der Waals surface area contributed by atoms with Gasteiger partial charge < -0.3 is 5.32 Å². The van der Waals surface area contributed by atoms with E-state index in [-0.39, 0.29) is 0 Å². The number of fused-ring (bicyclic) bond motifs is 1. The lowest BCUT2D eigenvalue weighted by Gasteiger charge is -2.05. The molecule has 0 radical (unpaired) electrons. The van der Waals surface area contributed by atoms with E-state index in [2.05, 4.69) is 10.0 Å². The maximum atomic E-state index is 12.1. The molecule has 0 aliphatic heterocycles.